The van der Waals surface area contributed by atoms with Crippen LogP contribution in [-0.2, 0) is 4.79 Å². The number of ether oxygens (including phenoxy) is 2. The summed E-state index contributed by atoms with van der Waals surface area (Å²) in [5.41, 5.74) is 1.60. The summed E-state index contributed by atoms with van der Waals surface area (Å²) in [7, 11) is 3.31. The van der Waals surface area contributed by atoms with Crippen molar-refractivity contribution in [2.45, 2.75) is 18.9 Å². The van der Waals surface area contributed by atoms with Gasteiger partial charge in [0.1, 0.15) is 17.5 Å². The van der Waals surface area contributed by atoms with Gasteiger partial charge in [-0.2, -0.15) is 0 Å². The third-order valence-electron chi connectivity index (χ3n) is 4.91. The molecule has 0 saturated carbocycles. The molecule has 144 valence electrons. The van der Waals surface area contributed by atoms with E-state index >= 15 is 0 Å². The molecule has 27 heavy (non-hydrogen) atoms. The molecule has 5 nitrogen and oxygen atoms in total. The number of anilines is 1. The van der Waals surface area contributed by atoms with Crippen molar-refractivity contribution in [2.24, 2.45) is 0 Å². The monoisotopic (exact) mass is 409 g/mol. The van der Waals surface area contributed by atoms with Gasteiger partial charge in [0.2, 0.25) is 0 Å². The highest BCUT2D eigenvalue weighted by molar-refractivity contribution is 6.43. The van der Waals surface area contributed by atoms with Crippen LogP contribution in [0.5, 0.6) is 11.5 Å². The van der Waals surface area contributed by atoms with Crippen LogP contribution in [-0.4, -0.2) is 33.2 Å². The lowest BCUT2D eigenvalue weighted by molar-refractivity contribution is -0.910. The van der Waals surface area contributed by atoms with Gasteiger partial charge in [0.05, 0.1) is 42.1 Å². The van der Waals surface area contributed by atoms with Gasteiger partial charge in [-0.15, -0.1) is 0 Å². The van der Waals surface area contributed by atoms with Gasteiger partial charge in [0.15, 0.2) is 6.54 Å². The summed E-state index contributed by atoms with van der Waals surface area (Å²) < 4.78 is 10.9. The van der Waals surface area contributed by atoms with Crippen molar-refractivity contribution in [1.82, 2.24) is 0 Å². The van der Waals surface area contributed by atoms with Gasteiger partial charge in [0, 0.05) is 12.8 Å². The molecule has 1 amide bonds. The smallest absolute Gasteiger partial charge is 0.279 e. The topological polar surface area (TPSA) is 52.0 Å². The van der Waals surface area contributed by atoms with Crippen LogP contribution < -0.4 is 19.7 Å². The molecule has 1 unspecified atom stereocenters. The Morgan fingerprint density at radius 1 is 1.22 bits per heavy atom. The van der Waals surface area contributed by atoms with Crippen molar-refractivity contribution in [2.75, 3.05) is 32.6 Å². The average molecular weight is 410 g/mol. The molecule has 0 aromatic heterocycles. The standard InChI is InChI=1S/C20H22Cl2N2O3/c1-26-13-8-9-18(27-2)14(11-13)17-7-4-10-24(17)12-19(25)23-16-6-3-5-15(21)20(16)22/h3,5-6,8-9,11,17H,4,7,10,12H2,1-2H3,(H,23,25)/p+1/t17-/m1/s1. The summed E-state index contributed by atoms with van der Waals surface area (Å²) >= 11 is 12.2. The summed E-state index contributed by atoms with van der Waals surface area (Å²) in [6.07, 6.45) is 2.04. The van der Waals surface area contributed by atoms with Gasteiger partial charge < -0.3 is 19.7 Å². The molecule has 2 N–H and O–H groups in total. The third-order valence-corrected chi connectivity index (χ3v) is 5.73. The summed E-state index contributed by atoms with van der Waals surface area (Å²) in [6.45, 7) is 1.26. The minimum absolute atomic E-state index is 0.0945. The highest BCUT2D eigenvalue weighted by Crippen LogP contribution is 2.32. The zero-order valence-corrected chi connectivity index (χ0v) is 16.9. The summed E-state index contributed by atoms with van der Waals surface area (Å²) in [6, 6.07) is 11.2. The number of carbonyl (C=O) groups is 1. The maximum atomic E-state index is 12.6. The van der Waals surface area contributed by atoms with Gasteiger partial charge in [-0.1, -0.05) is 29.3 Å². The van der Waals surface area contributed by atoms with Crippen molar-refractivity contribution in [3.8, 4) is 11.5 Å². The lowest BCUT2D eigenvalue weighted by Gasteiger charge is -2.23. The summed E-state index contributed by atoms with van der Waals surface area (Å²) in [5, 5.41) is 3.64. The van der Waals surface area contributed by atoms with Gasteiger partial charge in [-0.3, -0.25) is 4.79 Å². The number of rotatable bonds is 6. The second-order valence-electron chi connectivity index (χ2n) is 6.54. The number of nitrogens with one attached hydrogen (secondary N) is 2. The van der Waals surface area contributed by atoms with E-state index in [4.69, 9.17) is 32.7 Å². The van der Waals surface area contributed by atoms with Crippen molar-refractivity contribution in [1.29, 1.82) is 0 Å². The fourth-order valence-corrected chi connectivity index (χ4v) is 3.96. The molecular formula is C20H23Cl2N2O3+. The van der Waals surface area contributed by atoms with Crippen molar-refractivity contribution in [3.05, 3.63) is 52.0 Å². The average Bonchev–Trinajstić information content (AvgIpc) is 3.12. The Kier molecular flexibility index (Phi) is 6.47. The first-order valence-electron chi connectivity index (χ1n) is 8.84. The van der Waals surface area contributed by atoms with E-state index in [2.05, 4.69) is 5.32 Å². The molecule has 0 spiro atoms. The van der Waals surface area contributed by atoms with Gasteiger partial charge >= 0.3 is 0 Å². The minimum Gasteiger partial charge on any atom is -0.497 e. The molecule has 1 saturated heterocycles. The molecule has 2 atom stereocenters. The van der Waals surface area contributed by atoms with Crippen molar-refractivity contribution < 1.29 is 19.2 Å². The van der Waals surface area contributed by atoms with Crippen LogP contribution in [0.1, 0.15) is 24.4 Å². The lowest BCUT2D eigenvalue weighted by atomic mass is 10.0. The van der Waals surface area contributed by atoms with E-state index in [0.717, 1.165) is 36.4 Å². The second kappa shape index (κ2) is 8.83. The number of quaternary nitrogens is 1. The van der Waals surface area contributed by atoms with E-state index in [1.807, 2.05) is 18.2 Å². The van der Waals surface area contributed by atoms with E-state index < -0.39 is 0 Å². The van der Waals surface area contributed by atoms with E-state index in [-0.39, 0.29) is 11.9 Å². The molecule has 3 rings (SSSR count). The zero-order valence-electron chi connectivity index (χ0n) is 15.4. The predicted octanol–water partition coefficient (Wildman–Crippen LogP) is 3.37. The van der Waals surface area contributed by atoms with Crippen LogP contribution in [0.3, 0.4) is 0 Å². The number of benzene rings is 2. The van der Waals surface area contributed by atoms with Gasteiger partial charge in [-0.25, -0.2) is 0 Å². The highest BCUT2D eigenvalue weighted by Gasteiger charge is 2.34. The minimum atomic E-state index is -0.0945. The van der Waals surface area contributed by atoms with Crippen LogP contribution in [0.15, 0.2) is 36.4 Å². The van der Waals surface area contributed by atoms with Crippen LogP contribution >= 0.6 is 23.2 Å². The first-order chi connectivity index (χ1) is 13.0. The van der Waals surface area contributed by atoms with Crippen LogP contribution in [0.4, 0.5) is 5.69 Å². The maximum Gasteiger partial charge on any atom is 0.279 e. The largest absolute Gasteiger partial charge is 0.497 e. The van der Waals surface area contributed by atoms with Crippen molar-refractivity contribution in [3.63, 3.8) is 0 Å². The Bertz CT molecular complexity index is 829. The number of methoxy groups -OCH3 is 2. The number of hydrogen-bond acceptors (Lipinski definition) is 3. The van der Waals surface area contributed by atoms with E-state index in [9.17, 15) is 4.79 Å². The Balaban J connectivity index is 1.75. The Morgan fingerprint density at radius 3 is 2.78 bits per heavy atom. The van der Waals surface area contributed by atoms with Crippen LogP contribution in [0, 0.1) is 0 Å². The normalized spacial score (nSPS) is 19.0. The Morgan fingerprint density at radius 2 is 2.04 bits per heavy atom. The summed E-state index contributed by atoms with van der Waals surface area (Å²) in [5.74, 6) is 1.51. The van der Waals surface area contributed by atoms with Crippen LogP contribution in [0.25, 0.3) is 0 Å². The molecule has 0 aliphatic carbocycles. The molecule has 1 aliphatic heterocycles. The van der Waals surface area contributed by atoms with E-state index in [1.54, 1.807) is 32.4 Å². The maximum absolute atomic E-state index is 12.6. The number of amides is 1. The zero-order chi connectivity index (χ0) is 19.4. The van der Waals surface area contributed by atoms with E-state index in [1.165, 1.54) is 4.90 Å². The molecule has 2 aromatic carbocycles. The van der Waals surface area contributed by atoms with Gasteiger partial charge in [-0.05, 0) is 30.3 Å². The second-order valence-corrected chi connectivity index (χ2v) is 7.32. The van der Waals surface area contributed by atoms with Crippen LogP contribution in [0.2, 0.25) is 10.0 Å². The van der Waals surface area contributed by atoms with Gasteiger partial charge in [0.25, 0.3) is 5.91 Å². The fraction of sp³-hybridized carbons (Fsp3) is 0.350. The lowest BCUT2D eigenvalue weighted by Crippen LogP contribution is -3.11. The molecule has 0 radical (unpaired) electrons. The Hall–Kier alpha value is -1.95. The number of hydrogen-bond donors (Lipinski definition) is 2. The number of halogens is 2. The quantitative estimate of drug-likeness (QED) is 0.768. The Labute approximate surface area is 169 Å². The molecule has 1 aliphatic rings. The predicted molar refractivity (Wildman–Crippen MR) is 107 cm³/mol. The number of likely N-dealkylation sites (tertiary alicyclic amines) is 1. The molecular weight excluding hydrogens is 387 g/mol. The summed E-state index contributed by atoms with van der Waals surface area (Å²) in [4.78, 5) is 13.8. The highest BCUT2D eigenvalue weighted by atomic mass is 35.5. The third kappa shape index (κ3) is 4.49. The first kappa shape index (κ1) is 19.8. The molecule has 0 bridgehead atoms. The molecule has 2 aromatic rings. The first-order valence-corrected chi connectivity index (χ1v) is 9.59. The van der Waals surface area contributed by atoms with Crippen molar-refractivity contribution >= 4 is 34.8 Å². The molecule has 1 fully saturated rings. The SMILES string of the molecule is COc1ccc(OC)c([C@H]2CCC[NH+]2CC(=O)Nc2cccc(Cl)c2Cl)c1. The fourth-order valence-electron chi connectivity index (χ4n) is 3.61. The molecule has 7 heteroatoms. The molecule has 1 heterocycles. The number of carbonyl (C=O) groups excluding carboxylic acids is 1. The van der Waals surface area contributed by atoms with E-state index in [0.29, 0.717) is 22.3 Å².